The Kier molecular flexibility index (Phi) is 15.8. The van der Waals surface area contributed by atoms with Crippen molar-refractivity contribution >= 4 is 23.0 Å². The van der Waals surface area contributed by atoms with E-state index in [1.165, 1.54) is 0 Å². The average Bonchev–Trinajstić information content (AvgIpc) is 3.27. The van der Waals surface area contributed by atoms with Crippen LogP contribution in [-0.4, -0.2) is 32.0 Å². The van der Waals surface area contributed by atoms with Crippen LogP contribution in [0.4, 0.5) is 5.95 Å². The number of imidazole rings is 1. The number of ether oxygens (including phenoxy) is 1. The minimum absolute atomic E-state index is 0.129. The van der Waals surface area contributed by atoms with Crippen molar-refractivity contribution < 1.29 is 9.53 Å². The SMILES string of the molecule is C=CC.CC.CC.CC(C)n1cnc2c(OCCC#N)nc(NC(=O)Cc3ccccc3)nc21. The van der Waals surface area contributed by atoms with E-state index in [9.17, 15) is 4.79 Å². The van der Waals surface area contributed by atoms with Gasteiger partial charge in [0, 0.05) is 6.04 Å². The van der Waals surface area contributed by atoms with Crippen LogP contribution in [0.5, 0.6) is 5.88 Å². The molecule has 3 aromatic rings. The highest BCUT2D eigenvalue weighted by molar-refractivity contribution is 5.91. The number of anilines is 1. The van der Waals surface area contributed by atoms with Gasteiger partial charge in [-0.25, -0.2) is 4.98 Å². The molecule has 0 radical (unpaired) electrons. The molecule has 0 atom stereocenters. The molecule has 2 heterocycles. The third-order valence-electron chi connectivity index (χ3n) is 3.86. The molecule has 0 saturated heterocycles. The molecule has 0 unspecified atom stereocenters. The quantitative estimate of drug-likeness (QED) is 0.332. The van der Waals surface area contributed by atoms with E-state index >= 15 is 0 Å². The molecule has 1 amide bonds. The first-order valence-corrected chi connectivity index (χ1v) is 11.6. The van der Waals surface area contributed by atoms with E-state index in [2.05, 4.69) is 26.8 Å². The molecule has 184 valence electrons. The van der Waals surface area contributed by atoms with Crippen molar-refractivity contribution in [2.75, 3.05) is 11.9 Å². The summed E-state index contributed by atoms with van der Waals surface area (Å²) in [5, 5.41) is 11.4. The third-order valence-corrected chi connectivity index (χ3v) is 3.86. The number of carbonyl (C=O) groups is 1. The minimum Gasteiger partial charge on any atom is -0.475 e. The molecule has 8 heteroatoms. The Morgan fingerprint density at radius 2 is 1.82 bits per heavy atom. The van der Waals surface area contributed by atoms with Crippen LogP contribution in [0.15, 0.2) is 49.3 Å². The monoisotopic (exact) mass is 466 g/mol. The lowest BCUT2D eigenvalue weighted by Crippen LogP contribution is -2.17. The first kappa shape index (κ1) is 30.3. The standard InChI is InChI=1S/C19H20N6O2.C3H6.2C2H6/c1-13(2)25-12-21-16-17(25)23-19(24-18(16)27-10-6-9-20)22-15(26)11-14-7-4-3-5-8-14;1-3-2;2*1-2/h3-5,7-8,12-13H,6,10-11H2,1-2H3,(H,22,23,24,26);3H,1H2,2H3;2*1-2H3. The molecular weight excluding hydrogens is 428 g/mol. The van der Waals surface area contributed by atoms with Crippen molar-refractivity contribution in [1.29, 1.82) is 5.26 Å². The molecule has 0 aliphatic rings. The summed E-state index contributed by atoms with van der Waals surface area (Å²) in [6, 6.07) is 11.6. The second-order valence-electron chi connectivity index (χ2n) is 6.65. The van der Waals surface area contributed by atoms with Crippen LogP contribution in [0.3, 0.4) is 0 Å². The van der Waals surface area contributed by atoms with Gasteiger partial charge in [-0.3, -0.25) is 10.1 Å². The van der Waals surface area contributed by atoms with Gasteiger partial charge in [0.25, 0.3) is 0 Å². The summed E-state index contributed by atoms with van der Waals surface area (Å²) in [7, 11) is 0. The van der Waals surface area contributed by atoms with Crippen molar-refractivity contribution in [3.63, 3.8) is 0 Å². The molecular formula is C26H38N6O2. The van der Waals surface area contributed by atoms with E-state index in [0.29, 0.717) is 11.2 Å². The summed E-state index contributed by atoms with van der Waals surface area (Å²) in [6.45, 7) is 17.5. The van der Waals surface area contributed by atoms with E-state index < -0.39 is 0 Å². The maximum atomic E-state index is 12.3. The number of nitrogens with zero attached hydrogens (tertiary/aromatic N) is 5. The number of allylic oxidation sites excluding steroid dienone is 1. The van der Waals surface area contributed by atoms with Gasteiger partial charge in [-0.15, -0.1) is 6.58 Å². The number of hydrogen-bond acceptors (Lipinski definition) is 6. The van der Waals surface area contributed by atoms with Crippen LogP contribution in [0.1, 0.15) is 66.5 Å². The average molecular weight is 467 g/mol. The topological polar surface area (TPSA) is 106 Å². The molecule has 0 spiro atoms. The highest BCUT2D eigenvalue weighted by Crippen LogP contribution is 2.25. The predicted octanol–water partition coefficient (Wildman–Crippen LogP) is 6.13. The molecule has 2 aromatic heterocycles. The Hall–Kier alpha value is -3.73. The van der Waals surface area contributed by atoms with Crippen molar-refractivity contribution in [2.45, 2.75) is 67.3 Å². The molecule has 3 rings (SSSR count). The fourth-order valence-electron chi connectivity index (χ4n) is 2.57. The number of hydrogen-bond donors (Lipinski definition) is 1. The largest absolute Gasteiger partial charge is 0.475 e. The molecule has 0 saturated carbocycles. The van der Waals surface area contributed by atoms with E-state index in [-0.39, 0.29) is 43.2 Å². The lowest BCUT2D eigenvalue weighted by atomic mass is 10.1. The van der Waals surface area contributed by atoms with E-state index in [4.69, 9.17) is 10.00 Å². The fraction of sp³-hybridized carbons (Fsp3) is 0.423. The van der Waals surface area contributed by atoms with Gasteiger partial charge >= 0.3 is 0 Å². The Morgan fingerprint density at radius 3 is 2.38 bits per heavy atom. The summed E-state index contributed by atoms with van der Waals surface area (Å²) in [5.41, 5.74) is 1.97. The Balaban J connectivity index is 0.00000141. The van der Waals surface area contributed by atoms with Gasteiger partial charge in [-0.1, -0.05) is 64.1 Å². The number of aromatic nitrogens is 4. The second kappa shape index (κ2) is 17.8. The number of rotatable bonds is 7. The van der Waals surface area contributed by atoms with Crippen molar-refractivity contribution in [1.82, 2.24) is 19.5 Å². The molecule has 8 nitrogen and oxygen atoms in total. The molecule has 1 aromatic carbocycles. The number of carbonyl (C=O) groups excluding carboxylic acids is 1. The van der Waals surface area contributed by atoms with Crippen molar-refractivity contribution in [2.24, 2.45) is 0 Å². The van der Waals surface area contributed by atoms with Gasteiger partial charge in [0.1, 0.15) is 6.61 Å². The lowest BCUT2D eigenvalue weighted by Gasteiger charge is -2.11. The number of nitriles is 1. The highest BCUT2D eigenvalue weighted by Gasteiger charge is 2.17. The molecule has 0 fully saturated rings. The van der Waals surface area contributed by atoms with Crippen LogP contribution in [0.25, 0.3) is 11.2 Å². The Morgan fingerprint density at radius 1 is 1.21 bits per heavy atom. The predicted molar refractivity (Wildman–Crippen MR) is 139 cm³/mol. The zero-order valence-electron chi connectivity index (χ0n) is 21.5. The van der Waals surface area contributed by atoms with Gasteiger partial charge in [0.05, 0.1) is 25.2 Å². The van der Waals surface area contributed by atoms with Crippen molar-refractivity contribution in [3.05, 3.63) is 54.9 Å². The first-order valence-electron chi connectivity index (χ1n) is 11.6. The molecule has 0 aliphatic heterocycles. The van der Waals surface area contributed by atoms with Crippen LogP contribution in [0, 0.1) is 11.3 Å². The third kappa shape index (κ3) is 9.82. The van der Waals surface area contributed by atoms with Gasteiger partial charge < -0.3 is 9.30 Å². The molecule has 0 bridgehead atoms. The summed E-state index contributed by atoms with van der Waals surface area (Å²) in [5.74, 6) is 0.182. The number of nitrogens with one attached hydrogen (secondary N) is 1. The number of fused-ring (bicyclic) bond motifs is 1. The van der Waals surface area contributed by atoms with Gasteiger partial charge in [-0.05, 0) is 26.3 Å². The maximum Gasteiger partial charge on any atom is 0.247 e. The van der Waals surface area contributed by atoms with Crippen LogP contribution >= 0.6 is 0 Å². The minimum atomic E-state index is -0.223. The zero-order chi connectivity index (χ0) is 25.9. The summed E-state index contributed by atoms with van der Waals surface area (Å²) in [4.78, 5) is 25.4. The first-order chi connectivity index (χ1) is 16.5. The van der Waals surface area contributed by atoms with Crippen LogP contribution in [0.2, 0.25) is 0 Å². The summed E-state index contributed by atoms with van der Waals surface area (Å²) in [6.07, 6.45) is 3.86. The van der Waals surface area contributed by atoms with Crippen LogP contribution < -0.4 is 10.1 Å². The molecule has 1 N–H and O–H groups in total. The Bertz CT molecular complexity index is 1020. The highest BCUT2D eigenvalue weighted by atomic mass is 16.5. The smallest absolute Gasteiger partial charge is 0.247 e. The van der Waals surface area contributed by atoms with Gasteiger partial charge in [0.15, 0.2) is 11.2 Å². The fourth-order valence-corrected chi connectivity index (χ4v) is 2.57. The summed E-state index contributed by atoms with van der Waals surface area (Å²) < 4.78 is 7.47. The van der Waals surface area contributed by atoms with Gasteiger partial charge in [0.2, 0.25) is 17.7 Å². The normalized spacial score (nSPS) is 9.26. The van der Waals surface area contributed by atoms with E-state index in [0.717, 1.165) is 5.56 Å². The second-order valence-corrected chi connectivity index (χ2v) is 6.65. The zero-order valence-corrected chi connectivity index (χ0v) is 21.5. The summed E-state index contributed by atoms with van der Waals surface area (Å²) >= 11 is 0. The van der Waals surface area contributed by atoms with Crippen LogP contribution in [-0.2, 0) is 11.2 Å². The van der Waals surface area contributed by atoms with E-state index in [1.807, 2.05) is 89.4 Å². The molecule has 34 heavy (non-hydrogen) atoms. The number of benzene rings is 1. The maximum absolute atomic E-state index is 12.3. The van der Waals surface area contributed by atoms with Gasteiger partial charge in [-0.2, -0.15) is 15.2 Å². The van der Waals surface area contributed by atoms with E-state index in [1.54, 1.807) is 12.4 Å². The lowest BCUT2D eigenvalue weighted by molar-refractivity contribution is -0.115. The number of amides is 1. The Labute approximate surface area is 203 Å². The van der Waals surface area contributed by atoms with Crippen molar-refractivity contribution in [3.8, 4) is 11.9 Å². The molecule has 0 aliphatic carbocycles.